The van der Waals surface area contributed by atoms with Gasteiger partial charge in [0.1, 0.15) is 0 Å². The minimum atomic E-state index is -0.143. The molecule has 19 heavy (non-hydrogen) atoms. The molecule has 0 saturated carbocycles. The first-order valence-corrected chi connectivity index (χ1v) is 6.74. The lowest BCUT2D eigenvalue weighted by Gasteiger charge is -2.18. The highest BCUT2D eigenvalue weighted by Crippen LogP contribution is 1.89. The van der Waals surface area contributed by atoms with Crippen LogP contribution in [0.3, 0.4) is 0 Å². The van der Waals surface area contributed by atoms with Gasteiger partial charge in [0.05, 0.1) is 13.1 Å². The molecule has 0 rings (SSSR count). The lowest BCUT2D eigenvalue weighted by Crippen LogP contribution is -2.43. The molecular weight excluding hydrogens is 246 g/mol. The van der Waals surface area contributed by atoms with Gasteiger partial charge in [-0.3, -0.25) is 9.59 Å². The molecule has 0 aromatic rings. The molecule has 0 aliphatic rings. The quantitative estimate of drug-likeness (QED) is 0.549. The van der Waals surface area contributed by atoms with Crippen molar-refractivity contribution in [2.24, 2.45) is 0 Å². The molecule has 0 aliphatic heterocycles. The van der Waals surface area contributed by atoms with Gasteiger partial charge in [-0.2, -0.15) is 0 Å². The van der Waals surface area contributed by atoms with Crippen molar-refractivity contribution in [1.29, 1.82) is 0 Å². The molecule has 0 heterocycles. The van der Waals surface area contributed by atoms with Crippen molar-refractivity contribution in [2.45, 2.75) is 32.7 Å². The van der Waals surface area contributed by atoms with E-state index in [4.69, 9.17) is 4.74 Å². The molecule has 0 radical (unpaired) electrons. The second-order valence-corrected chi connectivity index (χ2v) is 4.64. The van der Waals surface area contributed by atoms with Gasteiger partial charge in [0.15, 0.2) is 0 Å². The Bertz CT molecular complexity index is 272. The number of nitrogens with one attached hydrogen (secondary N) is 2. The summed E-state index contributed by atoms with van der Waals surface area (Å²) in [5.74, 6) is -0.220. The van der Waals surface area contributed by atoms with Gasteiger partial charge in [-0.25, -0.2) is 0 Å². The van der Waals surface area contributed by atoms with Gasteiger partial charge in [-0.05, 0) is 19.8 Å². The summed E-state index contributed by atoms with van der Waals surface area (Å²) in [5, 5.41) is 5.85. The predicted molar refractivity (Wildman–Crippen MR) is 74.9 cm³/mol. The Morgan fingerprint density at radius 3 is 2.63 bits per heavy atom. The molecule has 0 spiro atoms. The smallest absolute Gasteiger partial charge is 0.239 e. The molecule has 0 aromatic carbocycles. The lowest BCUT2D eigenvalue weighted by atomic mass is 10.2. The maximum absolute atomic E-state index is 11.7. The van der Waals surface area contributed by atoms with Crippen LogP contribution >= 0.6 is 0 Å². The minimum absolute atomic E-state index is 0.0765. The summed E-state index contributed by atoms with van der Waals surface area (Å²) in [6, 6.07) is 0.306. The zero-order chi connectivity index (χ0) is 14.7. The molecule has 0 aliphatic carbocycles. The number of amides is 2. The normalized spacial score (nSPS) is 12.0. The molecule has 0 bridgehead atoms. The van der Waals surface area contributed by atoms with Crippen LogP contribution in [0.15, 0.2) is 0 Å². The monoisotopic (exact) mass is 273 g/mol. The van der Waals surface area contributed by atoms with E-state index in [1.165, 1.54) is 4.90 Å². The Kier molecular flexibility index (Phi) is 10.1. The van der Waals surface area contributed by atoms with E-state index in [0.717, 1.165) is 12.8 Å². The highest BCUT2D eigenvalue weighted by Gasteiger charge is 2.12. The van der Waals surface area contributed by atoms with Crippen molar-refractivity contribution in [3.05, 3.63) is 0 Å². The topological polar surface area (TPSA) is 70.7 Å². The Morgan fingerprint density at radius 1 is 1.37 bits per heavy atom. The number of methoxy groups -OCH3 is 1. The van der Waals surface area contributed by atoms with Crippen molar-refractivity contribution in [2.75, 3.05) is 40.4 Å². The Hall–Kier alpha value is -1.14. The van der Waals surface area contributed by atoms with Crippen LogP contribution in [0.2, 0.25) is 0 Å². The fourth-order valence-corrected chi connectivity index (χ4v) is 1.34. The van der Waals surface area contributed by atoms with E-state index in [-0.39, 0.29) is 24.9 Å². The first-order chi connectivity index (χ1) is 9.01. The summed E-state index contributed by atoms with van der Waals surface area (Å²) in [4.78, 5) is 24.7. The molecule has 0 fully saturated rings. The summed E-state index contributed by atoms with van der Waals surface area (Å²) < 4.78 is 4.88. The van der Waals surface area contributed by atoms with Gasteiger partial charge in [0, 0.05) is 33.4 Å². The van der Waals surface area contributed by atoms with Gasteiger partial charge in [0.2, 0.25) is 11.8 Å². The highest BCUT2D eigenvalue weighted by atomic mass is 16.5. The van der Waals surface area contributed by atoms with Gasteiger partial charge in [-0.15, -0.1) is 0 Å². The number of carbonyl (C=O) groups excluding carboxylic acids is 2. The van der Waals surface area contributed by atoms with Crippen molar-refractivity contribution in [3.63, 3.8) is 0 Å². The molecule has 0 saturated heterocycles. The van der Waals surface area contributed by atoms with Gasteiger partial charge >= 0.3 is 0 Å². The first kappa shape index (κ1) is 17.9. The van der Waals surface area contributed by atoms with Crippen LogP contribution in [0.1, 0.15) is 26.7 Å². The van der Waals surface area contributed by atoms with Crippen LogP contribution in [0, 0.1) is 0 Å². The average molecular weight is 273 g/mol. The fourth-order valence-electron chi connectivity index (χ4n) is 1.34. The summed E-state index contributed by atoms with van der Waals surface area (Å²) in [7, 11) is 3.26. The molecule has 112 valence electrons. The molecule has 1 unspecified atom stereocenters. The SMILES string of the molecule is CCC(C)NCC(=O)N(C)CC(=O)NCCCOC. The van der Waals surface area contributed by atoms with Crippen molar-refractivity contribution in [3.8, 4) is 0 Å². The number of nitrogens with zero attached hydrogens (tertiary/aromatic N) is 1. The molecular formula is C13H27N3O3. The van der Waals surface area contributed by atoms with Crippen molar-refractivity contribution >= 4 is 11.8 Å². The van der Waals surface area contributed by atoms with Crippen LogP contribution in [0.4, 0.5) is 0 Å². The Labute approximate surface area is 115 Å². The number of carbonyl (C=O) groups is 2. The number of hydrogen-bond donors (Lipinski definition) is 2. The number of hydrogen-bond acceptors (Lipinski definition) is 4. The van der Waals surface area contributed by atoms with E-state index in [0.29, 0.717) is 19.2 Å². The summed E-state index contributed by atoms with van der Waals surface area (Å²) >= 11 is 0. The molecule has 2 amide bonds. The second-order valence-electron chi connectivity index (χ2n) is 4.64. The standard InChI is InChI=1S/C13H27N3O3/c1-5-11(2)15-9-13(18)16(3)10-12(17)14-7-6-8-19-4/h11,15H,5-10H2,1-4H3,(H,14,17). The van der Waals surface area contributed by atoms with Crippen molar-refractivity contribution in [1.82, 2.24) is 15.5 Å². The van der Waals surface area contributed by atoms with E-state index in [2.05, 4.69) is 17.6 Å². The predicted octanol–water partition coefficient (Wildman–Crippen LogP) is -0.0144. The molecule has 0 aromatic heterocycles. The fraction of sp³-hybridized carbons (Fsp3) is 0.846. The lowest BCUT2D eigenvalue weighted by molar-refractivity contribution is -0.134. The molecule has 6 nitrogen and oxygen atoms in total. The van der Waals surface area contributed by atoms with E-state index in [1.54, 1.807) is 14.2 Å². The van der Waals surface area contributed by atoms with Crippen LogP contribution in [0.5, 0.6) is 0 Å². The number of ether oxygens (including phenoxy) is 1. The third-order valence-electron chi connectivity index (χ3n) is 2.87. The third kappa shape index (κ3) is 9.44. The number of likely N-dealkylation sites (N-methyl/N-ethyl adjacent to an activating group) is 1. The van der Waals surface area contributed by atoms with E-state index >= 15 is 0 Å². The second kappa shape index (κ2) is 10.8. The van der Waals surface area contributed by atoms with Crippen LogP contribution in [0.25, 0.3) is 0 Å². The molecule has 2 N–H and O–H groups in total. The van der Waals surface area contributed by atoms with Gasteiger partial charge in [0.25, 0.3) is 0 Å². The zero-order valence-corrected chi connectivity index (χ0v) is 12.5. The van der Waals surface area contributed by atoms with E-state index in [1.807, 2.05) is 6.92 Å². The van der Waals surface area contributed by atoms with Gasteiger partial charge in [-0.1, -0.05) is 6.92 Å². The number of rotatable bonds is 10. The molecule has 1 atom stereocenters. The van der Waals surface area contributed by atoms with Gasteiger partial charge < -0.3 is 20.3 Å². The van der Waals surface area contributed by atoms with E-state index < -0.39 is 0 Å². The van der Waals surface area contributed by atoms with E-state index in [9.17, 15) is 9.59 Å². The summed E-state index contributed by atoms with van der Waals surface area (Å²) in [5.41, 5.74) is 0. The van der Waals surface area contributed by atoms with Crippen LogP contribution < -0.4 is 10.6 Å². The summed E-state index contributed by atoms with van der Waals surface area (Å²) in [6.07, 6.45) is 1.74. The summed E-state index contributed by atoms with van der Waals surface area (Å²) in [6.45, 7) is 5.62. The maximum atomic E-state index is 11.7. The maximum Gasteiger partial charge on any atom is 0.239 e. The molecule has 6 heteroatoms. The zero-order valence-electron chi connectivity index (χ0n) is 12.5. The van der Waals surface area contributed by atoms with Crippen LogP contribution in [-0.4, -0.2) is 63.2 Å². The largest absolute Gasteiger partial charge is 0.385 e. The minimum Gasteiger partial charge on any atom is -0.385 e. The first-order valence-electron chi connectivity index (χ1n) is 6.74. The average Bonchev–Trinajstić information content (AvgIpc) is 2.40. The van der Waals surface area contributed by atoms with Crippen LogP contribution in [-0.2, 0) is 14.3 Å². The highest BCUT2D eigenvalue weighted by molar-refractivity contribution is 5.85. The Balaban J connectivity index is 3.78. The Morgan fingerprint density at radius 2 is 2.05 bits per heavy atom. The third-order valence-corrected chi connectivity index (χ3v) is 2.87. The van der Waals surface area contributed by atoms with Crippen molar-refractivity contribution < 1.29 is 14.3 Å².